The van der Waals surface area contributed by atoms with Gasteiger partial charge in [-0.2, -0.15) is 4.31 Å². The SMILES string of the molecule is CN=C(NCCS(=O)(=O)N1CC(C)OC(C)C1)NCC1(c2ccccc2)CCC1.I. The number of rotatable bonds is 7. The van der Waals surface area contributed by atoms with Crippen molar-refractivity contribution in [1.29, 1.82) is 0 Å². The molecule has 1 aromatic rings. The van der Waals surface area contributed by atoms with Crippen LogP contribution in [0.5, 0.6) is 0 Å². The van der Waals surface area contributed by atoms with E-state index in [0.29, 0.717) is 25.6 Å². The van der Waals surface area contributed by atoms with Gasteiger partial charge in [-0.3, -0.25) is 4.99 Å². The Balaban J connectivity index is 0.00000320. The fourth-order valence-corrected chi connectivity index (χ4v) is 5.71. The van der Waals surface area contributed by atoms with Gasteiger partial charge in [-0.05, 0) is 32.3 Å². The summed E-state index contributed by atoms with van der Waals surface area (Å²) in [6.07, 6.45) is 3.39. The summed E-state index contributed by atoms with van der Waals surface area (Å²) in [6.45, 7) is 5.76. The lowest BCUT2D eigenvalue weighted by molar-refractivity contribution is -0.0440. The molecule has 0 spiro atoms. The Morgan fingerprint density at radius 3 is 2.33 bits per heavy atom. The topological polar surface area (TPSA) is 83.0 Å². The molecular weight excluding hydrogens is 515 g/mol. The molecule has 2 N–H and O–H groups in total. The number of benzene rings is 1. The summed E-state index contributed by atoms with van der Waals surface area (Å²) in [5, 5.41) is 6.56. The fraction of sp³-hybridized carbons (Fsp3) is 0.667. The van der Waals surface area contributed by atoms with Crippen LogP contribution in [0.2, 0.25) is 0 Å². The smallest absolute Gasteiger partial charge is 0.216 e. The molecular formula is C21H35IN4O3S. The maximum absolute atomic E-state index is 12.7. The first kappa shape index (κ1) is 25.4. The zero-order chi connectivity index (χ0) is 20.9. The van der Waals surface area contributed by atoms with Gasteiger partial charge in [0.15, 0.2) is 5.96 Å². The number of ether oxygens (including phenoxy) is 1. The molecule has 2 aliphatic rings. The van der Waals surface area contributed by atoms with Gasteiger partial charge in [0.05, 0.1) is 18.0 Å². The van der Waals surface area contributed by atoms with Crippen LogP contribution in [-0.2, 0) is 20.2 Å². The quantitative estimate of drug-likeness (QED) is 0.310. The van der Waals surface area contributed by atoms with Gasteiger partial charge < -0.3 is 15.4 Å². The fourth-order valence-electron chi connectivity index (χ4n) is 4.22. The summed E-state index contributed by atoms with van der Waals surface area (Å²) in [4.78, 5) is 4.27. The van der Waals surface area contributed by atoms with Gasteiger partial charge in [0, 0.05) is 38.6 Å². The van der Waals surface area contributed by atoms with Crippen LogP contribution in [0, 0.1) is 0 Å². The van der Waals surface area contributed by atoms with Gasteiger partial charge in [-0.25, -0.2) is 8.42 Å². The molecule has 7 nitrogen and oxygen atoms in total. The molecule has 1 heterocycles. The maximum atomic E-state index is 12.7. The van der Waals surface area contributed by atoms with Gasteiger partial charge in [-0.15, -0.1) is 24.0 Å². The first-order valence-corrected chi connectivity index (χ1v) is 12.1. The van der Waals surface area contributed by atoms with E-state index in [4.69, 9.17) is 4.74 Å². The van der Waals surface area contributed by atoms with Crippen LogP contribution in [0.4, 0.5) is 0 Å². The van der Waals surface area contributed by atoms with Crippen LogP contribution in [0.3, 0.4) is 0 Å². The Labute approximate surface area is 198 Å². The lowest BCUT2D eigenvalue weighted by Crippen LogP contribution is -2.51. The number of halogens is 1. The Morgan fingerprint density at radius 1 is 1.17 bits per heavy atom. The summed E-state index contributed by atoms with van der Waals surface area (Å²) < 4.78 is 32.5. The summed E-state index contributed by atoms with van der Waals surface area (Å²) in [6, 6.07) is 10.6. The Kier molecular flexibility index (Phi) is 9.38. The minimum absolute atomic E-state index is 0. The molecule has 1 aliphatic carbocycles. The van der Waals surface area contributed by atoms with Crippen LogP contribution in [0.1, 0.15) is 38.7 Å². The number of aliphatic imine (C=N–C) groups is 1. The average Bonchev–Trinajstić information content (AvgIpc) is 2.65. The van der Waals surface area contributed by atoms with Gasteiger partial charge in [0.25, 0.3) is 0 Å². The number of nitrogens with zero attached hydrogens (tertiary/aromatic N) is 2. The van der Waals surface area contributed by atoms with E-state index in [1.807, 2.05) is 19.9 Å². The van der Waals surface area contributed by atoms with Crippen LogP contribution in [0.25, 0.3) is 0 Å². The third-order valence-electron chi connectivity index (χ3n) is 5.95. The van der Waals surface area contributed by atoms with E-state index in [2.05, 4.69) is 39.9 Å². The van der Waals surface area contributed by atoms with Crippen LogP contribution >= 0.6 is 24.0 Å². The van der Waals surface area contributed by atoms with Crippen LogP contribution in [0.15, 0.2) is 35.3 Å². The van der Waals surface area contributed by atoms with Gasteiger partial charge >= 0.3 is 0 Å². The highest BCUT2D eigenvalue weighted by molar-refractivity contribution is 14.0. The molecule has 30 heavy (non-hydrogen) atoms. The maximum Gasteiger partial charge on any atom is 0.216 e. The molecule has 1 saturated heterocycles. The second kappa shape index (κ2) is 11.1. The van der Waals surface area contributed by atoms with Crippen LogP contribution < -0.4 is 10.6 Å². The zero-order valence-electron chi connectivity index (χ0n) is 18.1. The highest BCUT2D eigenvalue weighted by Gasteiger charge is 2.38. The average molecular weight is 551 g/mol. The monoisotopic (exact) mass is 550 g/mol. The van der Waals surface area contributed by atoms with Crippen molar-refractivity contribution in [2.24, 2.45) is 4.99 Å². The van der Waals surface area contributed by atoms with Crippen molar-refractivity contribution in [3.8, 4) is 0 Å². The van der Waals surface area contributed by atoms with Crippen molar-refractivity contribution >= 4 is 40.0 Å². The zero-order valence-corrected chi connectivity index (χ0v) is 21.3. The van der Waals surface area contributed by atoms with Crippen molar-refractivity contribution < 1.29 is 13.2 Å². The summed E-state index contributed by atoms with van der Waals surface area (Å²) in [5.41, 5.74) is 1.50. The first-order valence-electron chi connectivity index (χ1n) is 10.5. The molecule has 9 heteroatoms. The van der Waals surface area contributed by atoms with E-state index in [-0.39, 0.29) is 47.4 Å². The molecule has 2 atom stereocenters. The van der Waals surface area contributed by atoms with E-state index in [1.54, 1.807) is 11.4 Å². The number of nitrogens with one attached hydrogen (secondary N) is 2. The standard InChI is InChI=1S/C21H34N4O3S.HI/c1-17-14-25(15-18(2)28-17)29(26,27)13-12-23-20(22-3)24-16-21(10-7-11-21)19-8-5-4-6-9-19;/h4-6,8-9,17-18H,7,10-16H2,1-3H3,(H2,22,23,24);1H. The van der Waals surface area contributed by atoms with Crippen molar-refractivity contribution in [2.45, 2.75) is 50.7 Å². The van der Waals surface area contributed by atoms with E-state index < -0.39 is 10.0 Å². The summed E-state index contributed by atoms with van der Waals surface area (Å²) in [7, 11) is -1.61. The Hall–Kier alpha value is -0.910. The minimum Gasteiger partial charge on any atom is -0.373 e. The van der Waals surface area contributed by atoms with E-state index >= 15 is 0 Å². The molecule has 170 valence electrons. The first-order chi connectivity index (χ1) is 13.8. The second-order valence-corrected chi connectivity index (χ2v) is 10.3. The Bertz CT molecular complexity index is 790. The van der Waals surface area contributed by atoms with Crippen molar-refractivity contribution in [1.82, 2.24) is 14.9 Å². The third kappa shape index (κ3) is 6.30. The van der Waals surface area contributed by atoms with Gasteiger partial charge in [0.2, 0.25) is 10.0 Å². The number of sulfonamides is 1. The number of morpholine rings is 1. The summed E-state index contributed by atoms with van der Waals surface area (Å²) >= 11 is 0. The molecule has 0 bridgehead atoms. The molecule has 2 unspecified atom stereocenters. The Morgan fingerprint density at radius 2 is 1.80 bits per heavy atom. The molecule has 3 rings (SSSR count). The predicted octanol–water partition coefficient (Wildman–Crippen LogP) is 2.33. The number of hydrogen-bond acceptors (Lipinski definition) is 4. The summed E-state index contributed by atoms with van der Waals surface area (Å²) in [5.74, 6) is 0.683. The predicted molar refractivity (Wildman–Crippen MR) is 132 cm³/mol. The van der Waals surface area contributed by atoms with E-state index in [1.165, 1.54) is 12.0 Å². The highest BCUT2D eigenvalue weighted by Crippen LogP contribution is 2.43. The molecule has 1 aliphatic heterocycles. The number of hydrogen-bond donors (Lipinski definition) is 2. The largest absolute Gasteiger partial charge is 0.373 e. The molecule has 0 radical (unpaired) electrons. The van der Waals surface area contributed by atoms with E-state index in [9.17, 15) is 8.42 Å². The second-order valence-electron chi connectivity index (χ2n) is 8.24. The third-order valence-corrected chi connectivity index (χ3v) is 7.75. The normalized spacial score (nSPS) is 24.4. The molecule has 0 amide bonds. The minimum atomic E-state index is -3.32. The molecule has 2 fully saturated rings. The van der Waals surface area contributed by atoms with Gasteiger partial charge in [0.1, 0.15) is 0 Å². The molecule has 1 aromatic carbocycles. The molecule has 1 saturated carbocycles. The molecule has 0 aromatic heterocycles. The lowest BCUT2D eigenvalue weighted by Gasteiger charge is -2.43. The lowest BCUT2D eigenvalue weighted by atomic mass is 9.64. The van der Waals surface area contributed by atoms with Crippen molar-refractivity contribution in [3.05, 3.63) is 35.9 Å². The van der Waals surface area contributed by atoms with Crippen LogP contribution in [-0.4, -0.2) is 69.9 Å². The highest BCUT2D eigenvalue weighted by atomic mass is 127. The van der Waals surface area contributed by atoms with Crippen molar-refractivity contribution in [3.63, 3.8) is 0 Å². The van der Waals surface area contributed by atoms with Crippen molar-refractivity contribution in [2.75, 3.05) is 39.0 Å². The number of guanidine groups is 1. The van der Waals surface area contributed by atoms with E-state index in [0.717, 1.165) is 19.4 Å². The van der Waals surface area contributed by atoms with Gasteiger partial charge in [-0.1, -0.05) is 36.8 Å².